The molecule has 0 unspecified atom stereocenters. The second-order valence-corrected chi connectivity index (χ2v) is 7.62. The second-order valence-electron chi connectivity index (χ2n) is 4.15. The molecule has 1 heterocycles. The summed E-state index contributed by atoms with van der Waals surface area (Å²) in [5.74, 6) is 0. The van der Waals surface area contributed by atoms with Gasteiger partial charge in [-0.15, -0.1) is 0 Å². The summed E-state index contributed by atoms with van der Waals surface area (Å²) in [6, 6.07) is 18.0. The summed E-state index contributed by atoms with van der Waals surface area (Å²) in [6.45, 7) is -1.30. The van der Waals surface area contributed by atoms with Gasteiger partial charge in [0.25, 0.3) is 0 Å². The van der Waals surface area contributed by atoms with Gasteiger partial charge in [-0.2, -0.15) is 0 Å². The van der Waals surface area contributed by atoms with Crippen molar-refractivity contribution in [2.75, 3.05) is 0 Å². The minimum atomic E-state index is -2.36. The first kappa shape index (κ1) is 12.1. The molecule has 0 saturated heterocycles. The van der Waals surface area contributed by atoms with Gasteiger partial charge in [0.1, 0.15) is 0 Å². The SMILES string of the molecule is S=P1(c2ccccc2)OCc2ccccc2CO1. The molecule has 0 atom stereocenters. The van der Waals surface area contributed by atoms with Gasteiger partial charge in [0, 0.05) is 5.30 Å². The molecule has 0 amide bonds. The van der Waals surface area contributed by atoms with E-state index in [2.05, 4.69) is 12.1 Å². The maximum Gasteiger partial charge on any atom is 0.220 e. The minimum Gasteiger partial charge on any atom is -0.321 e. The van der Waals surface area contributed by atoms with Crippen molar-refractivity contribution in [3.8, 4) is 0 Å². The third kappa shape index (κ3) is 2.27. The van der Waals surface area contributed by atoms with Crippen LogP contribution in [0.2, 0.25) is 0 Å². The van der Waals surface area contributed by atoms with E-state index in [9.17, 15) is 0 Å². The highest BCUT2D eigenvalue weighted by atomic mass is 32.5. The molecule has 2 nitrogen and oxygen atoms in total. The van der Waals surface area contributed by atoms with E-state index in [1.54, 1.807) is 0 Å². The average molecular weight is 276 g/mol. The van der Waals surface area contributed by atoms with Crippen molar-refractivity contribution in [2.45, 2.75) is 13.2 Å². The summed E-state index contributed by atoms with van der Waals surface area (Å²) < 4.78 is 11.8. The van der Waals surface area contributed by atoms with Gasteiger partial charge in [0.2, 0.25) is 6.49 Å². The number of fused-ring (bicyclic) bond motifs is 1. The summed E-state index contributed by atoms with van der Waals surface area (Å²) in [7, 11) is 0. The van der Waals surface area contributed by atoms with Gasteiger partial charge in [-0.1, -0.05) is 42.5 Å². The highest BCUT2D eigenvalue weighted by Gasteiger charge is 2.25. The summed E-state index contributed by atoms with van der Waals surface area (Å²) in [4.78, 5) is 0. The molecular weight excluding hydrogens is 263 g/mol. The zero-order valence-electron chi connectivity index (χ0n) is 9.78. The molecule has 92 valence electrons. The van der Waals surface area contributed by atoms with Crippen LogP contribution >= 0.6 is 6.49 Å². The first-order chi connectivity index (χ1) is 8.78. The van der Waals surface area contributed by atoms with E-state index >= 15 is 0 Å². The van der Waals surface area contributed by atoms with Crippen molar-refractivity contribution in [3.63, 3.8) is 0 Å². The lowest BCUT2D eigenvalue weighted by Crippen LogP contribution is -2.07. The van der Waals surface area contributed by atoms with Crippen LogP contribution in [0, 0.1) is 0 Å². The minimum absolute atomic E-state index is 0.530. The zero-order valence-corrected chi connectivity index (χ0v) is 11.5. The maximum absolute atomic E-state index is 5.91. The number of hydrogen-bond donors (Lipinski definition) is 0. The second kappa shape index (κ2) is 4.94. The monoisotopic (exact) mass is 276 g/mol. The van der Waals surface area contributed by atoms with Crippen LogP contribution in [0.3, 0.4) is 0 Å². The molecule has 2 aromatic rings. The lowest BCUT2D eigenvalue weighted by atomic mass is 10.1. The first-order valence-corrected chi connectivity index (χ1v) is 8.43. The van der Waals surface area contributed by atoms with Crippen molar-refractivity contribution in [3.05, 3.63) is 65.7 Å². The van der Waals surface area contributed by atoms with Gasteiger partial charge in [-0.3, -0.25) is 0 Å². The molecular formula is C14H13O2PS. The molecule has 0 saturated carbocycles. The van der Waals surface area contributed by atoms with Gasteiger partial charge >= 0.3 is 0 Å². The smallest absolute Gasteiger partial charge is 0.220 e. The van der Waals surface area contributed by atoms with Crippen LogP contribution in [0.4, 0.5) is 0 Å². The topological polar surface area (TPSA) is 18.5 Å². The molecule has 18 heavy (non-hydrogen) atoms. The predicted molar refractivity (Wildman–Crippen MR) is 76.4 cm³/mol. The standard InChI is InChI=1S/C14H13O2PS/c18-17(14-8-2-1-3-9-14)15-10-12-6-4-5-7-13(12)11-16-17/h1-9H,10-11H2. The molecule has 4 heteroatoms. The Kier molecular flexibility index (Phi) is 3.31. The summed E-state index contributed by atoms with van der Waals surface area (Å²) in [6.07, 6.45) is 0. The molecule has 0 fully saturated rings. The van der Waals surface area contributed by atoms with E-state index in [0.29, 0.717) is 13.2 Å². The molecule has 2 aromatic carbocycles. The molecule has 1 aliphatic heterocycles. The summed E-state index contributed by atoms with van der Waals surface area (Å²) in [5.41, 5.74) is 2.33. The van der Waals surface area contributed by atoms with Crippen LogP contribution in [0.1, 0.15) is 11.1 Å². The Balaban J connectivity index is 1.93. The van der Waals surface area contributed by atoms with Crippen LogP contribution in [0.15, 0.2) is 54.6 Å². The van der Waals surface area contributed by atoms with Crippen LogP contribution < -0.4 is 5.30 Å². The largest absolute Gasteiger partial charge is 0.321 e. The highest BCUT2D eigenvalue weighted by molar-refractivity contribution is 8.13. The molecule has 0 spiro atoms. The highest BCUT2D eigenvalue weighted by Crippen LogP contribution is 2.50. The van der Waals surface area contributed by atoms with Gasteiger partial charge in [-0.05, 0) is 35.1 Å². The van der Waals surface area contributed by atoms with Crippen molar-refractivity contribution in [1.29, 1.82) is 0 Å². The Morgan fingerprint density at radius 1 is 0.778 bits per heavy atom. The summed E-state index contributed by atoms with van der Waals surface area (Å²) in [5, 5.41) is 0.979. The van der Waals surface area contributed by atoms with Crippen LogP contribution in [-0.2, 0) is 34.1 Å². The molecule has 1 aliphatic rings. The van der Waals surface area contributed by atoms with E-state index in [1.807, 2.05) is 42.5 Å². The molecule has 0 aromatic heterocycles. The van der Waals surface area contributed by atoms with E-state index in [4.69, 9.17) is 20.9 Å². The van der Waals surface area contributed by atoms with Crippen LogP contribution in [0.5, 0.6) is 0 Å². The number of hydrogen-bond acceptors (Lipinski definition) is 3. The van der Waals surface area contributed by atoms with Gasteiger partial charge in [0.15, 0.2) is 0 Å². The maximum atomic E-state index is 5.91. The predicted octanol–water partition coefficient (Wildman–Crippen LogP) is 3.37. The Hall–Kier alpha value is -0.990. The Labute approximate surface area is 112 Å². The number of benzene rings is 2. The fraction of sp³-hybridized carbons (Fsp3) is 0.143. The third-order valence-electron chi connectivity index (χ3n) is 2.97. The molecule has 0 aliphatic carbocycles. The van der Waals surface area contributed by atoms with Crippen molar-refractivity contribution < 1.29 is 9.05 Å². The van der Waals surface area contributed by atoms with E-state index < -0.39 is 6.49 Å². The van der Waals surface area contributed by atoms with Crippen molar-refractivity contribution in [2.24, 2.45) is 0 Å². The molecule has 0 N–H and O–H groups in total. The molecule has 0 radical (unpaired) electrons. The number of rotatable bonds is 1. The van der Waals surface area contributed by atoms with Crippen molar-refractivity contribution in [1.82, 2.24) is 0 Å². The van der Waals surface area contributed by atoms with E-state index in [0.717, 1.165) is 5.30 Å². The van der Waals surface area contributed by atoms with E-state index in [1.165, 1.54) is 11.1 Å². The normalized spacial score (nSPS) is 17.8. The third-order valence-corrected chi connectivity index (χ3v) is 6.10. The van der Waals surface area contributed by atoms with Gasteiger partial charge < -0.3 is 9.05 Å². The van der Waals surface area contributed by atoms with E-state index in [-0.39, 0.29) is 0 Å². The van der Waals surface area contributed by atoms with Crippen LogP contribution in [-0.4, -0.2) is 0 Å². The first-order valence-electron chi connectivity index (χ1n) is 5.79. The fourth-order valence-corrected chi connectivity index (χ4v) is 4.15. The van der Waals surface area contributed by atoms with Crippen LogP contribution in [0.25, 0.3) is 0 Å². The lowest BCUT2D eigenvalue weighted by Gasteiger charge is -2.19. The molecule has 3 rings (SSSR count). The molecule has 0 bridgehead atoms. The van der Waals surface area contributed by atoms with Crippen molar-refractivity contribution >= 4 is 23.6 Å². The Bertz CT molecular complexity index is 567. The summed E-state index contributed by atoms with van der Waals surface area (Å²) >= 11 is 5.62. The Morgan fingerprint density at radius 2 is 1.28 bits per heavy atom. The lowest BCUT2D eigenvalue weighted by molar-refractivity contribution is 0.260. The average Bonchev–Trinajstić information content (AvgIpc) is 2.61. The van der Waals surface area contributed by atoms with Gasteiger partial charge in [-0.25, -0.2) is 0 Å². The Morgan fingerprint density at radius 3 is 1.83 bits per heavy atom. The van der Waals surface area contributed by atoms with Gasteiger partial charge in [0.05, 0.1) is 13.2 Å². The fourth-order valence-electron chi connectivity index (χ4n) is 1.95. The quantitative estimate of drug-likeness (QED) is 0.744. The zero-order chi connectivity index (χ0) is 12.4.